The standard InChI is InChI=1S/C14H26N2O3.ClH/c1-18-11-4-2-10(3-5-11)9-16-14(17)13-7-6-12(8-15)19-13;/h10-13H,2-9,15H2,1H3,(H,16,17);1H/t10?,11?,12-,13+;/m1./s1. The average Bonchev–Trinajstić information content (AvgIpc) is 2.94. The van der Waals surface area contributed by atoms with E-state index >= 15 is 0 Å². The topological polar surface area (TPSA) is 73.6 Å². The molecule has 1 heterocycles. The molecule has 118 valence electrons. The van der Waals surface area contributed by atoms with Crippen molar-refractivity contribution >= 4 is 18.3 Å². The Morgan fingerprint density at radius 2 is 1.95 bits per heavy atom. The van der Waals surface area contributed by atoms with Gasteiger partial charge in [-0.2, -0.15) is 0 Å². The zero-order valence-corrected chi connectivity index (χ0v) is 13.0. The number of rotatable bonds is 5. The second kappa shape index (κ2) is 8.82. The zero-order valence-electron chi connectivity index (χ0n) is 12.2. The number of carbonyl (C=O) groups is 1. The summed E-state index contributed by atoms with van der Waals surface area (Å²) in [7, 11) is 1.78. The summed E-state index contributed by atoms with van der Waals surface area (Å²) >= 11 is 0. The van der Waals surface area contributed by atoms with E-state index in [1.54, 1.807) is 7.11 Å². The highest BCUT2D eigenvalue weighted by atomic mass is 35.5. The van der Waals surface area contributed by atoms with Crippen LogP contribution in [0.2, 0.25) is 0 Å². The minimum absolute atomic E-state index is 0. The number of ether oxygens (including phenoxy) is 2. The molecular formula is C14H27ClN2O3. The van der Waals surface area contributed by atoms with Crippen molar-refractivity contribution in [1.82, 2.24) is 5.32 Å². The van der Waals surface area contributed by atoms with Crippen molar-refractivity contribution in [3.8, 4) is 0 Å². The van der Waals surface area contributed by atoms with E-state index in [0.29, 0.717) is 18.6 Å². The van der Waals surface area contributed by atoms with Crippen LogP contribution in [0.15, 0.2) is 0 Å². The SMILES string of the molecule is COC1CCC(CNC(=O)[C@@H]2CC[C@H](CN)O2)CC1.Cl. The van der Waals surface area contributed by atoms with Crippen LogP contribution in [0.4, 0.5) is 0 Å². The first-order chi connectivity index (χ1) is 9.22. The lowest BCUT2D eigenvalue weighted by Gasteiger charge is -2.27. The molecule has 0 bridgehead atoms. The Morgan fingerprint density at radius 1 is 1.25 bits per heavy atom. The summed E-state index contributed by atoms with van der Waals surface area (Å²) in [4.78, 5) is 12.0. The van der Waals surface area contributed by atoms with Crippen LogP contribution in [0.25, 0.3) is 0 Å². The van der Waals surface area contributed by atoms with Crippen LogP contribution in [0.1, 0.15) is 38.5 Å². The quantitative estimate of drug-likeness (QED) is 0.801. The van der Waals surface area contributed by atoms with Crippen molar-refractivity contribution in [2.45, 2.75) is 56.8 Å². The first-order valence-corrected chi connectivity index (χ1v) is 7.39. The Kier molecular flexibility index (Phi) is 7.80. The van der Waals surface area contributed by atoms with Gasteiger partial charge in [0, 0.05) is 20.2 Å². The fourth-order valence-corrected chi connectivity index (χ4v) is 3.00. The third-order valence-corrected chi connectivity index (χ3v) is 4.35. The van der Waals surface area contributed by atoms with Gasteiger partial charge in [0.25, 0.3) is 0 Å². The molecule has 2 rings (SSSR count). The first-order valence-electron chi connectivity index (χ1n) is 7.39. The molecule has 0 unspecified atom stereocenters. The molecular weight excluding hydrogens is 280 g/mol. The van der Waals surface area contributed by atoms with E-state index < -0.39 is 0 Å². The Hall–Kier alpha value is -0.360. The largest absolute Gasteiger partial charge is 0.381 e. The van der Waals surface area contributed by atoms with Crippen molar-refractivity contribution < 1.29 is 14.3 Å². The van der Waals surface area contributed by atoms with E-state index in [4.69, 9.17) is 15.2 Å². The molecule has 3 N–H and O–H groups in total. The smallest absolute Gasteiger partial charge is 0.249 e. The van der Waals surface area contributed by atoms with Gasteiger partial charge in [0.1, 0.15) is 6.10 Å². The van der Waals surface area contributed by atoms with Gasteiger partial charge in [0.05, 0.1) is 12.2 Å². The number of nitrogens with one attached hydrogen (secondary N) is 1. The summed E-state index contributed by atoms with van der Waals surface area (Å²) in [6.45, 7) is 1.27. The molecule has 0 radical (unpaired) electrons. The van der Waals surface area contributed by atoms with Gasteiger partial charge >= 0.3 is 0 Å². The highest BCUT2D eigenvalue weighted by Crippen LogP contribution is 2.25. The number of nitrogens with two attached hydrogens (primary N) is 1. The van der Waals surface area contributed by atoms with Crippen LogP contribution in [-0.2, 0) is 14.3 Å². The molecule has 1 amide bonds. The first kappa shape index (κ1) is 17.7. The summed E-state index contributed by atoms with van der Waals surface area (Å²) in [5.41, 5.74) is 5.54. The molecule has 2 aliphatic rings. The summed E-state index contributed by atoms with van der Waals surface area (Å²) < 4.78 is 10.9. The summed E-state index contributed by atoms with van der Waals surface area (Å²) in [5.74, 6) is 0.617. The third kappa shape index (κ3) is 4.88. The average molecular weight is 307 g/mol. The number of halogens is 1. The number of carbonyl (C=O) groups excluding carboxylic acids is 1. The number of methoxy groups -OCH3 is 1. The highest BCUT2D eigenvalue weighted by Gasteiger charge is 2.30. The van der Waals surface area contributed by atoms with E-state index in [1.807, 2.05) is 0 Å². The fraction of sp³-hybridized carbons (Fsp3) is 0.929. The molecule has 1 saturated heterocycles. The lowest BCUT2D eigenvalue weighted by atomic mass is 9.87. The van der Waals surface area contributed by atoms with E-state index in [1.165, 1.54) is 0 Å². The molecule has 2 atom stereocenters. The lowest BCUT2D eigenvalue weighted by Crippen LogP contribution is -2.39. The molecule has 20 heavy (non-hydrogen) atoms. The van der Waals surface area contributed by atoms with Crippen LogP contribution in [0, 0.1) is 5.92 Å². The van der Waals surface area contributed by atoms with Crippen LogP contribution in [0.3, 0.4) is 0 Å². The molecule has 1 aliphatic heterocycles. The Bertz CT molecular complexity index is 296. The monoisotopic (exact) mass is 306 g/mol. The van der Waals surface area contributed by atoms with Gasteiger partial charge in [-0.25, -0.2) is 0 Å². The van der Waals surface area contributed by atoms with Gasteiger partial charge < -0.3 is 20.5 Å². The Balaban J connectivity index is 0.00000200. The van der Waals surface area contributed by atoms with E-state index in [0.717, 1.165) is 45.1 Å². The van der Waals surface area contributed by atoms with Gasteiger partial charge in [0.2, 0.25) is 5.91 Å². The second-order valence-electron chi connectivity index (χ2n) is 5.68. The van der Waals surface area contributed by atoms with Crippen LogP contribution in [0.5, 0.6) is 0 Å². The zero-order chi connectivity index (χ0) is 13.7. The van der Waals surface area contributed by atoms with Crippen molar-refractivity contribution in [1.29, 1.82) is 0 Å². The molecule has 2 fully saturated rings. The third-order valence-electron chi connectivity index (χ3n) is 4.35. The minimum Gasteiger partial charge on any atom is -0.381 e. The summed E-state index contributed by atoms with van der Waals surface area (Å²) in [6, 6.07) is 0. The van der Waals surface area contributed by atoms with Crippen LogP contribution < -0.4 is 11.1 Å². The predicted molar refractivity (Wildman–Crippen MR) is 80.0 cm³/mol. The maximum atomic E-state index is 12.0. The van der Waals surface area contributed by atoms with Crippen molar-refractivity contribution in [3.05, 3.63) is 0 Å². The molecule has 6 heteroatoms. The Labute approximate surface area is 127 Å². The van der Waals surface area contributed by atoms with E-state index in [-0.39, 0.29) is 30.5 Å². The highest BCUT2D eigenvalue weighted by molar-refractivity contribution is 5.85. The molecule has 0 aromatic heterocycles. The number of amides is 1. The lowest BCUT2D eigenvalue weighted by molar-refractivity contribution is -0.132. The minimum atomic E-state index is -0.288. The molecule has 0 aromatic rings. The van der Waals surface area contributed by atoms with Crippen LogP contribution in [-0.4, -0.2) is 44.4 Å². The number of hydrogen-bond acceptors (Lipinski definition) is 4. The Morgan fingerprint density at radius 3 is 2.50 bits per heavy atom. The fourth-order valence-electron chi connectivity index (χ4n) is 3.00. The van der Waals surface area contributed by atoms with Crippen molar-refractivity contribution in [3.63, 3.8) is 0 Å². The van der Waals surface area contributed by atoms with Gasteiger partial charge in [-0.3, -0.25) is 4.79 Å². The van der Waals surface area contributed by atoms with Crippen LogP contribution >= 0.6 is 12.4 Å². The predicted octanol–water partition coefficient (Wildman–Crippen LogP) is 1.24. The van der Waals surface area contributed by atoms with Gasteiger partial charge in [-0.1, -0.05) is 0 Å². The van der Waals surface area contributed by atoms with Crippen molar-refractivity contribution in [2.24, 2.45) is 11.7 Å². The second-order valence-corrected chi connectivity index (χ2v) is 5.68. The van der Waals surface area contributed by atoms with E-state index in [9.17, 15) is 4.79 Å². The normalized spacial score (nSPS) is 33.5. The molecule has 1 aliphatic carbocycles. The van der Waals surface area contributed by atoms with Gasteiger partial charge in [0.15, 0.2) is 0 Å². The maximum Gasteiger partial charge on any atom is 0.249 e. The molecule has 0 aromatic carbocycles. The van der Waals surface area contributed by atoms with Crippen molar-refractivity contribution in [2.75, 3.05) is 20.2 Å². The molecule has 1 saturated carbocycles. The molecule has 0 spiro atoms. The summed E-state index contributed by atoms with van der Waals surface area (Å²) in [5, 5.41) is 3.03. The number of hydrogen-bond donors (Lipinski definition) is 2. The van der Waals surface area contributed by atoms with Gasteiger partial charge in [-0.05, 0) is 44.4 Å². The van der Waals surface area contributed by atoms with Gasteiger partial charge in [-0.15, -0.1) is 12.4 Å². The summed E-state index contributed by atoms with van der Waals surface area (Å²) in [6.07, 6.45) is 6.36. The van der Waals surface area contributed by atoms with E-state index in [2.05, 4.69) is 5.32 Å². The maximum absolute atomic E-state index is 12.0. The molecule has 5 nitrogen and oxygen atoms in total.